The average Bonchev–Trinajstić information content (AvgIpc) is 3.28. The van der Waals surface area contributed by atoms with Gasteiger partial charge in [0.05, 0.1) is 0 Å². The number of amides is 1. The standard InChI is InChI=1S/C15H25N5O3S2/c1-3-13(21)20-9-6-12(11-20)19-15(16-2)17-7-8-18-25(22,23)14-5-4-10-24-14/h4-5,10,12,18H,3,6-9,11H2,1-2H3,(H2,16,17,19). The largest absolute Gasteiger partial charge is 0.355 e. The van der Waals surface area contributed by atoms with Crippen LogP contribution in [0.15, 0.2) is 26.7 Å². The van der Waals surface area contributed by atoms with Gasteiger partial charge in [0.15, 0.2) is 5.96 Å². The third-order valence-electron chi connectivity index (χ3n) is 3.88. The third kappa shape index (κ3) is 5.68. The monoisotopic (exact) mass is 387 g/mol. The number of hydrogen-bond acceptors (Lipinski definition) is 5. The van der Waals surface area contributed by atoms with Crippen molar-refractivity contribution in [1.82, 2.24) is 20.3 Å². The van der Waals surface area contributed by atoms with Gasteiger partial charge >= 0.3 is 0 Å². The highest BCUT2D eigenvalue weighted by molar-refractivity contribution is 7.91. The molecule has 1 saturated heterocycles. The maximum atomic E-state index is 12.0. The van der Waals surface area contributed by atoms with Crippen molar-refractivity contribution < 1.29 is 13.2 Å². The molecular weight excluding hydrogens is 362 g/mol. The lowest BCUT2D eigenvalue weighted by Crippen LogP contribution is -2.46. The van der Waals surface area contributed by atoms with Gasteiger partial charge in [0.2, 0.25) is 15.9 Å². The number of nitrogens with zero attached hydrogens (tertiary/aromatic N) is 2. The molecule has 2 rings (SSSR count). The highest BCUT2D eigenvalue weighted by Gasteiger charge is 2.25. The normalized spacial score (nSPS) is 18.4. The van der Waals surface area contributed by atoms with Gasteiger partial charge in [-0.3, -0.25) is 9.79 Å². The van der Waals surface area contributed by atoms with E-state index in [9.17, 15) is 13.2 Å². The van der Waals surface area contributed by atoms with Crippen molar-refractivity contribution in [1.29, 1.82) is 0 Å². The number of guanidine groups is 1. The van der Waals surface area contributed by atoms with Crippen molar-refractivity contribution in [2.24, 2.45) is 4.99 Å². The highest BCUT2D eigenvalue weighted by Crippen LogP contribution is 2.14. The first-order valence-electron chi connectivity index (χ1n) is 8.24. The number of nitrogens with one attached hydrogen (secondary N) is 3. The number of thiophene rings is 1. The molecule has 3 N–H and O–H groups in total. The Labute approximate surface area is 152 Å². The SMILES string of the molecule is CCC(=O)N1CCC(NC(=NC)NCCNS(=O)(=O)c2cccs2)C1. The van der Waals surface area contributed by atoms with Gasteiger partial charge in [-0.05, 0) is 17.9 Å². The highest BCUT2D eigenvalue weighted by atomic mass is 32.2. The summed E-state index contributed by atoms with van der Waals surface area (Å²) < 4.78 is 26.9. The number of rotatable bonds is 7. The zero-order valence-corrected chi connectivity index (χ0v) is 16.1. The zero-order chi connectivity index (χ0) is 18.3. The third-order valence-corrected chi connectivity index (χ3v) is 6.74. The fourth-order valence-electron chi connectivity index (χ4n) is 2.57. The zero-order valence-electron chi connectivity index (χ0n) is 14.5. The van der Waals surface area contributed by atoms with E-state index in [4.69, 9.17) is 0 Å². The van der Waals surface area contributed by atoms with Crippen molar-refractivity contribution in [2.75, 3.05) is 33.2 Å². The molecule has 1 fully saturated rings. The van der Waals surface area contributed by atoms with Gasteiger partial charge in [0.1, 0.15) is 4.21 Å². The number of aliphatic imine (C=N–C) groups is 1. The van der Waals surface area contributed by atoms with Crippen LogP contribution < -0.4 is 15.4 Å². The molecular formula is C15H25N5O3S2. The van der Waals surface area contributed by atoms with Crippen LogP contribution in [-0.4, -0.2) is 64.5 Å². The predicted molar refractivity (Wildman–Crippen MR) is 99.3 cm³/mol. The summed E-state index contributed by atoms with van der Waals surface area (Å²) in [4.78, 5) is 17.7. The molecule has 1 amide bonds. The maximum Gasteiger partial charge on any atom is 0.250 e. The van der Waals surface area contributed by atoms with Gasteiger partial charge in [-0.1, -0.05) is 13.0 Å². The van der Waals surface area contributed by atoms with Crippen molar-refractivity contribution in [3.8, 4) is 0 Å². The number of hydrogen-bond donors (Lipinski definition) is 3. The van der Waals surface area contributed by atoms with Crippen LogP contribution in [0.3, 0.4) is 0 Å². The van der Waals surface area contributed by atoms with E-state index in [1.165, 1.54) is 11.3 Å². The quantitative estimate of drug-likeness (QED) is 0.352. The van der Waals surface area contributed by atoms with Crippen LogP contribution in [0.2, 0.25) is 0 Å². The molecule has 1 aliphatic rings. The van der Waals surface area contributed by atoms with Crippen LogP contribution >= 0.6 is 11.3 Å². The Balaban J connectivity index is 1.72. The van der Waals surface area contributed by atoms with Crippen molar-refractivity contribution in [3.05, 3.63) is 17.5 Å². The summed E-state index contributed by atoms with van der Waals surface area (Å²) in [5.41, 5.74) is 0. The Hall–Kier alpha value is -1.65. The van der Waals surface area contributed by atoms with Crippen LogP contribution in [0.1, 0.15) is 19.8 Å². The van der Waals surface area contributed by atoms with E-state index < -0.39 is 10.0 Å². The van der Waals surface area contributed by atoms with Crippen molar-refractivity contribution in [3.63, 3.8) is 0 Å². The fraction of sp³-hybridized carbons (Fsp3) is 0.600. The van der Waals surface area contributed by atoms with Gasteiger partial charge in [-0.2, -0.15) is 0 Å². The average molecular weight is 388 g/mol. The number of carbonyl (C=O) groups excluding carboxylic acids is 1. The van der Waals surface area contributed by atoms with E-state index in [0.717, 1.165) is 13.0 Å². The van der Waals surface area contributed by atoms with Gasteiger partial charge in [0.25, 0.3) is 0 Å². The molecule has 0 radical (unpaired) electrons. The van der Waals surface area contributed by atoms with E-state index in [2.05, 4.69) is 20.3 Å². The molecule has 2 heterocycles. The Morgan fingerprint density at radius 1 is 1.44 bits per heavy atom. The van der Waals surface area contributed by atoms with Crippen molar-refractivity contribution >= 4 is 33.2 Å². The van der Waals surface area contributed by atoms with Crippen LogP contribution in [0.25, 0.3) is 0 Å². The molecule has 0 spiro atoms. The summed E-state index contributed by atoms with van der Waals surface area (Å²) in [7, 11) is -1.78. The first-order chi connectivity index (χ1) is 12.0. The Bertz CT molecular complexity index is 688. The number of likely N-dealkylation sites (tertiary alicyclic amines) is 1. The van der Waals surface area contributed by atoms with E-state index >= 15 is 0 Å². The summed E-state index contributed by atoms with van der Waals surface area (Å²) in [5.74, 6) is 0.765. The molecule has 0 aromatic carbocycles. The Kier molecular flexibility index (Phi) is 7.21. The van der Waals surface area contributed by atoms with E-state index in [0.29, 0.717) is 29.7 Å². The molecule has 10 heteroatoms. The second-order valence-electron chi connectivity index (χ2n) is 5.65. The van der Waals surface area contributed by atoms with Gasteiger partial charge in [-0.25, -0.2) is 13.1 Å². The summed E-state index contributed by atoms with van der Waals surface area (Å²) in [6, 6.07) is 3.44. The minimum Gasteiger partial charge on any atom is -0.355 e. The molecule has 0 bridgehead atoms. The number of sulfonamides is 1. The maximum absolute atomic E-state index is 12.0. The van der Waals surface area contributed by atoms with Crippen LogP contribution in [0, 0.1) is 0 Å². The summed E-state index contributed by atoms with van der Waals surface area (Å²) in [6.45, 7) is 3.95. The first-order valence-corrected chi connectivity index (χ1v) is 10.6. The molecule has 8 nitrogen and oxygen atoms in total. The lowest BCUT2D eigenvalue weighted by molar-refractivity contribution is -0.129. The second kappa shape index (κ2) is 9.16. The number of carbonyl (C=O) groups is 1. The van der Waals surface area contributed by atoms with Crippen LogP contribution in [-0.2, 0) is 14.8 Å². The molecule has 1 aliphatic heterocycles. The molecule has 1 unspecified atom stereocenters. The summed E-state index contributed by atoms with van der Waals surface area (Å²) >= 11 is 1.19. The van der Waals surface area contributed by atoms with E-state index in [1.54, 1.807) is 24.6 Å². The molecule has 140 valence electrons. The smallest absolute Gasteiger partial charge is 0.250 e. The molecule has 25 heavy (non-hydrogen) atoms. The van der Waals surface area contributed by atoms with Crippen molar-refractivity contribution in [2.45, 2.75) is 30.0 Å². The second-order valence-corrected chi connectivity index (χ2v) is 8.59. The summed E-state index contributed by atoms with van der Waals surface area (Å²) in [6.07, 6.45) is 1.39. The minimum atomic E-state index is -3.44. The van der Waals surface area contributed by atoms with Crippen LogP contribution in [0.4, 0.5) is 0 Å². The van der Waals surface area contributed by atoms with Gasteiger partial charge < -0.3 is 15.5 Å². The molecule has 0 aliphatic carbocycles. The van der Waals surface area contributed by atoms with E-state index in [-0.39, 0.29) is 18.5 Å². The van der Waals surface area contributed by atoms with Gasteiger partial charge in [-0.15, -0.1) is 11.3 Å². The predicted octanol–water partition coefficient (Wildman–Crippen LogP) is 0.202. The van der Waals surface area contributed by atoms with E-state index in [1.807, 2.05) is 11.8 Å². The fourth-order valence-corrected chi connectivity index (χ4v) is 4.64. The summed E-state index contributed by atoms with van der Waals surface area (Å²) in [5, 5.41) is 8.08. The topological polar surface area (TPSA) is 103 Å². The molecule has 1 aromatic heterocycles. The van der Waals surface area contributed by atoms with Gasteiger partial charge in [0, 0.05) is 45.7 Å². The van der Waals surface area contributed by atoms with Crippen LogP contribution in [0.5, 0.6) is 0 Å². The molecule has 1 atom stereocenters. The lowest BCUT2D eigenvalue weighted by Gasteiger charge is -2.18. The molecule has 0 saturated carbocycles. The minimum absolute atomic E-state index is 0.157. The molecule has 1 aromatic rings. The lowest BCUT2D eigenvalue weighted by atomic mass is 10.3. The Morgan fingerprint density at radius 3 is 2.88 bits per heavy atom. The Morgan fingerprint density at radius 2 is 2.24 bits per heavy atom. The first kappa shape index (κ1) is 19.7.